The first-order valence-electron chi connectivity index (χ1n) is 4.37. The standard InChI is InChI=1S/C10H12BrNO2/c11-9-4-2-8(3-5-9)10(13)14-7-1-6-12/h2-5H,1,6-7,12H2. The molecule has 0 amide bonds. The van der Waals surface area contributed by atoms with Crippen LogP contribution in [0.15, 0.2) is 28.7 Å². The van der Waals surface area contributed by atoms with E-state index in [9.17, 15) is 4.79 Å². The SMILES string of the molecule is NCCCOC(=O)c1ccc(Br)cc1. The number of ether oxygens (including phenoxy) is 1. The van der Waals surface area contributed by atoms with Crippen LogP contribution in [0.4, 0.5) is 0 Å². The lowest BCUT2D eigenvalue weighted by Gasteiger charge is -2.03. The third-order valence-electron chi connectivity index (χ3n) is 1.66. The molecule has 0 aliphatic carbocycles. The molecule has 4 heteroatoms. The Kier molecular flexibility index (Phi) is 4.62. The average Bonchev–Trinajstić information content (AvgIpc) is 2.19. The monoisotopic (exact) mass is 257 g/mol. The van der Waals surface area contributed by atoms with Crippen molar-refractivity contribution < 1.29 is 9.53 Å². The smallest absolute Gasteiger partial charge is 0.338 e. The number of hydrogen-bond acceptors (Lipinski definition) is 3. The summed E-state index contributed by atoms with van der Waals surface area (Å²) < 4.78 is 5.91. The summed E-state index contributed by atoms with van der Waals surface area (Å²) in [6, 6.07) is 7.04. The summed E-state index contributed by atoms with van der Waals surface area (Å²) in [7, 11) is 0. The number of carbonyl (C=O) groups is 1. The minimum absolute atomic E-state index is 0.300. The molecule has 1 aromatic carbocycles. The quantitative estimate of drug-likeness (QED) is 0.663. The average molecular weight is 258 g/mol. The van der Waals surface area contributed by atoms with Gasteiger partial charge in [0.2, 0.25) is 0 Å². The Labute approximate surface area is 91.4 Å². The summed E-state index contributed by atoms with van der Waals surface area (Å²) in [4.78, 5) is 11.4. The molecule has 0 fully saturated rings. The molecule has 0 spiro atoms. The zero-order chi connectivity index (χ0) is 10.4. The van der Waals surface area contributed by atoms with Crippen molar-refractivity contribution in [1.82, 2.24) is 0 Å². The van der Waals surface area contributed by atoms with Crippen molar-refractivity contribution in [2.24, 2.45) is 5.73 Å². The zero-order valence-electron chi connectivity index (χ0n) is 7.70. The molecule has 0 saturated carbocycles. The maximum Gasteiger partial charge on any atom is 0.338 e. The Balaban J connectivity index is 2.48. The van der Waals surface area contributed by atoms with Gasteiger partial charge >= 0.3 is 5.97 Å². The highest BCUT2D eigenvalue weighted by Crippen LogP contribution is 2.11. The summed E-state index contributed by atoms with van der Waals surface area (Å²) in [6.45, 7) is 0.916. The van der Waals surface area contributed by atoms with E-state index in [1.54, 1.807) is 24.3 Å². The largest absolute Gasteiger partial charge is 0.462 e. The van der Waals surface area contributed by atoms with Crippen LogP contribution in [-0.2, 0) is 4.74 Å². The van der Waals surface area contributed by atoms with Crippen LogP contribution in [0.5, 0.6) is 0 Å². The number of esters is 1. The molecule has 0 unspecified atom stereocenters. The number of hydrogen-bond donors (Lipinski definition) is 1. The Morgan fingerprint density at radius 2 is 2.00 bits per heavy atom. The van der Waals surface area contributed by atoms with Gasteiger partial charge in [-0.3, -0.25) is 0 Å². The molecule has 0 radical (unpaired) electrons. The highest BCUT2D eigenvalue weighted by molar-refractivity contribution is 9.10. The fourth-order valence-corrected chi connectivity index (χ4v) is 1.18. The maximum atomic E-state index is 11.4. The van der Waals surface area contributed by atoms with Gasteiger partial charge in [0.1, 0.15) is 0 Å². The number of rotatable bonds is 4. The molecule has 0 heterocycles. The minimum Gasteiger partial charge on any atom is -0.462 e. The summed E-state index contributed by atoms with van der Waals surface area (Å²) >= 11 is 3.29. The molecule has 0 aliphatic rings. The molecule has 0 atom stereocenters. The molecule has 0 aliphatic heterocycles. The first-order valence-corrected chi connectivity index (χ1v) is 5.16. The van der Waals surface area contributed by atoms with Gasteiger partial charge in [-0.05, 0) is 37.2 Å². The van der Waals surface area contributed by atoms with Crippen LogP contribution in [0.3, 0.4) is 0 Å². The van der Waals surface area contributed by atoms with Crippen LogP contribution in [0.25, 0.3) is 0 Å². The third kappa shape index (κ3) is 3.47. The van der Waals surface area contributed by atoms with Crippen molar-refractivity contribution >= 4 is 21.9 Å². The van der Waals surface area contributed by atoms with E-state index in [2.05, 4.69) is 15.9 Å². The highest BCUT2D eigenvalue weighted by Gasteiger charge is 2.05. The van der Waals surface area contributed by atoms with Crippen molar-refractivity contribution in [3.05, 3.63) is 34.3 Å². The van der Waals surface area contributed by atoms with Gasteiger partial charge in [0.15, 0.2) is 0 Å². The van der Waals surface area contributed by atoms with Crippen LogP contribution in [0, 0.1) is 0 Å². The van der Waals surface area contributed by atoms with Crippen molar-refractivity contribution in [2.45, 2.75) is 6.42 Å². The van der Waals surface area contributed by atoms with Gasteiger partial charge in [0.25, 0.3) is 0 Å². The lowest BCUT2D eigenvalue weighted by molar-refractivity contribution is 0.0503. The molecule has 0 aromatic heterocycles. The summed E-state index contributed by atoms with van der Waals surface area (Å²) in [6.07, 6.45) is 0.697. The van der Waals surface area contributed by atoms with E-state index in [0.29, 0.717) is 25.1 Å². The van der Waals surface area contributed by atoms with E-state index in [1.165, 1.54) is 0 Å². The molecular formula is C10H12BrNO2. The Morgan fingerprint density at radius 1 is 1.36 bits per heavy atom. The van der Waals surface area contributed by atoms with Crippen molar-refractivity contribution in [2.75, 3.05) is 13.2 Å². The van der Waals surface area contributed by atoms with E-state index in [0.717, 1.165) is 4.47 Å². The normalized spacial score (nSPS) is 9.86. The molecule has 14 heavy (non-hydrogen) atoms. The van der Waals surface area contributed by atoms with Crippen LogP contribution < -0.4 is 5.73 Å². The van der Waals surface area contributed by atoms with Crippen LogP contribution in [0.1, 0.15) is 16.8 Å². The second-order valence-electron chi connectivity index (χ2n) is 2.79. The first kappa shape index (κ1) is 11.2. The van der Waals surface area contributed by atoms with Gasteiger partial charge in [0, 0.05) is 4.47 Å². The molecule has 76 valence electrons. The fraction of sp³-hybridized carbons (Fsp3) is 0.300. The maximum absolute atomic E-state index is 11.4. The molecule has 1 rings (SSSR count). The fourth-order valence-electron chi connectivity index (χ4n) is 0.918. The lowest BCUT2D eigenvalue weighted by atomic mass is 10.2. The number of benzene rings is 1. The van der Waals surface area contributed by atoms with Gasteiger partial charge in [-0.25, -0.2) is 4.79 Å². The predicted octanol–water partition coefficient (Wildman–Crippen LogP) is 1.95. The lowest BCUT2D eigenvalue weighted by Crippen LogP contribution is -2.09. The topological polar surface area (TPSA) is 52.3 Å². The molecule has 3 nitrogen and oxygen atoms in total. The van der Waals surface area contributed by atoms with Crippen molar-refractivity contribution in [1.29, 1.82) is 0 Å². The number of halogens is 1. The van der Waals surface area contributed by atoms with Crippen LogP contribution in [0.2, 0.25) is 0 Å². The number of carbonyl (C=O) groups excluding carboxylic acids is 1. The molecule has 0 bridgehead atoms. The summed E-state index contributed by atoms with van der Waals surface area (Å²) in [5, 5.41) is 0. The van der Waals surface area contributed by atoms with E-state index in [4.69, 9.17) is 10.5 Å². The van der Waals surface area contributed by atoms with Gasteiger partial charge in [-0.1, -0.05) is 15.9 Å². The van der Waals surface area contributed by atoms with Gasteiger partial charge in [-0.15, -0.1) is 0 Å². The Morgan fingerprint density at radius 3 is 2.57 bits per heavy atom. The third-order valence-corrected chi connectivity index (χ3v) is 2.19. The van der Waals surface area contributed by atoms with Crippen molar-refractivity contribution in [3.63, 3.8) is 0 Å². The Bertz CT molecular complexity index is 297. The van der Waals surface area contributed by atoms with Gasteiger partial charge in [0.05, 0.1) is 12.2 Å². The zero-order valence-corrected chi connectivity index (χ0v) is 9.29. The molecule has 2 N–H and O–H groups in total. The van der Waals surface area contributed by atoms with E-state index >= 15 is 0 Å². The number of nitrogens with two attached hydrogens (primary N) is 1. The van der Waals surface area contributed by atoms with E-state index in [1.807, 2.05) is 0 Å². The van der Waals surface area contributed by atoms with Gasteiger partial charge in [-0.2, -0.15) is 0 Å². The van der Waals surface area contributed by atoms with Gasteiger partial charge < -0.3 is 10.5 Å². The summed E-state index contributed by atoms with van der Waals surface area (Å²) in [5.74, 6) is -0.300. The molecule has 1 aromatic rings. The second-order valence-corrected chi connectivity index (χ2v) is 3.70. The molecular weight excluding hydrogens is 246 g/mol. The highest BCUT2D eigenvalue weighted by atomic mass is 79.9. The van der Waals surface area contributed by atoms with Crippen molar-refractivity contribution in [3.8, 4) is 0 Å². The summed E-state index contributed by atoms with van der Waals surface area (Å²) in [5.41, 5.74) is 5.84. The second kappa shape index (κ2) is 5.78. The van der Waals surface area contributed by atoms with E-state index < -0.39 is 0 Å². The predicted molar refractivity (Wildman–Crippen MR) is 58.1 cm³/mol. The molecule has 0 saturated heterocycles. The van der Waals surface area contributed by atoms with Crippen LogP contribution in [-0.4, -0.2) is 19.1 Å². The Hall–Kier alpha value is -0.870. The minimum atomic E-state index is -0.300. The van der Waals surface area contributed by atoms with Crippen LogP contribution >= 0.6 is 15.9 Å². The van der Waals surface area contributed by atoms with E-state index in [-0.39, 0.29) is 5.97 Å². The first-order chi connectivity index (χ1) is 6.74.